The second-order valence-electron chi connectivity index (χ2n) is 2.62. The van der Waals surface area contributed by atoms with Crippen molar-refractivity contribution >= 4 is 0 Å². The quantitative estimate of drug-likeness (QED) is 0.545. The van der Waals surface area contributed by atoms with Crippen LogP contribution in [0.4, 0.5) is 0 Å². The van der Waals surface area contributed by atoms with Gasteiger partial charge in [0.15, 0.2) is 0 Å². The van der Waals surface area contributed by atoms with E-state index in [0.29, 0.717) is 0 Å². The van der Waals surface area contributed by atoms with Crippen molar-refractivity contribution in [2.24, 2.45) is 0 Å². The summed E-state index contributed by atoms with van der Waals surface area (Å²) in [5.74, 6) is 0.977. The van der Waals surface area contributed by atoms with Gasteiger partial charge in [0.1, 0.15) is 5.75 Å². The molecule has 2 rings (SSSR count). The maximum atomic E-state index is 5.49. The second kappa shape index (κ2) is 2.95. The lowest BCUT2D eigenvalue weighted by Gasteiger charge is -2.04. The minimum atomic E-state index is 0.823. The average Bonchev–Trinajstić information content (AvgIpc) is 2.28. The average molecular weight is 146 g/mol. The van der Waals surface area contributed by atoms with Gasteiger partial charge in [0, 0.05) is 12.0 Å². The summed E-state index contributed by atoms with van der Waals surface area (Å²) in [4.78, 5) is 0. The molecule has 11 heavy (non-hydrogen) atoms. The van der Waals surface area contributed by atoms with Gasteiger partial charge in [-0.15, -0.1) is 0 Å². The highest BCUT2D eigenvalue weighted by atomic mass is 16.5. The predicted octanol–water partition coefficient (Wildman–Crippen LogP) is 2.29. The Morgan fingerprint density at radius 1 is 1.27 bits per heavy atom. The molecule has 0 fully saturated rings. The number of benzene rings is 1. The highest BCUT2D eigenvalue weighted by Crippen LogP contribution is 2.24. The van der Waals surface area contributed by atoms with Crippen LogP contribution in [0.3, 0.4) is 0 Å². The molecule has 0 amide bonds. The number of ether oxygens (including phenoxy) is 1. The first-order valence-corrected chi connectivity index (χ1v) is 3.92. The molecule has 1 aliphatic heterocycles. The van der Waals surface area contributed by atoms with Gasteiger partial charge in [-0.1, -0.05) is 18.2 Å². The molecule has 56 valence electrons. The van der Waals surface area contributed by atoms with Crippen molar-refractivity contribution in [2.45, 2.75) is 12.8 Å². The van der Waals surface area contributed by atoms with Crippen LogP contribution < -0.4 is 4.74 Å². The third kappa shape index (κ3) is 1.37. The van der Waals surface area contributed by atoms with Crippen LogP contribution in [0.25, 0.3) is 0 Å². The van der Waals surface area contributed by atoms with E-state index in [1.54, 1.807) is 0 Å². The smallest absolute Gasteiger partial charge is 0.123 e. The highest BCUT2D eigenvalue weighted by molar-refractivity contribution is 5.38. The van der Waals surface area contributed by atoms with Crippen molar-refractivity contribution in [3.8, 4) is 5.75 Å². The van der Waals surface area contributed by atoms with Crippen molar-refractivity contribution in [3.63, 3.8) is 0 Å². The van der Waals surface area contributed by atoms with Crippen LogP contribution in [0, 0.1) is 6.42 Å². The summed E-state index contributed by atoms with van der Waals surface area (Å²) in [6, 6.07) is 8.04. The number of rotatable bonds is 0. The summed E-state index contributed by atoms with van der Waals surface area (Å²) in [5.41, 5.74) is 1.12. The number of hydrogen-bond donors (Lipinski definition) is 0. The maximum absolute atomic E-state index is 5.49. The fraction of sp³-hybridized carbons (Fsp3) is 0.300. The molecule has 1 aliphatic rings. The van der Waals surface area contributed by atoms with Gasteiger partial charge in [-0.05, 0) is 18.9 Å². The zero-order valence-electron chi connectivity index (χ0n) is 6.34. The molecule has 1 heteroatoms. The van der Waals surface area contributed by atoms with Gasteiger partial charge in [0.2, 0.25) is 0 Å². The predicted molar refractivity (Wildman–Crippen MR) is 43.5 cm³/mol. The summed E-state index contributed by atoms with van der Waals surface area (Å²) >= 11 is 0. The molecule has 1 aromatic carbocycles. The molecule has 0 bridgehead atoms. The summed E-state index contributed by atoms with van der Waals surface area (Å²) in [6.45, 7) is 0.823. The fourth-order valence-electron chi connectivity index (χ4n) is 1.22. The summed E-state index contributed by atoms with van der Waals surface area (Å²) in [6.07, 6.45) is 5.39. The Kier molecular flexibility index (Phi) is 1.80. The van der Waals surface area contributed by atoms with Crippen LogP contribution >= 0.6 is 0 Å². The van der Waals surface area contributed by atoms with E-state index in [1.165, 1.54) is 0 Å². The molecule has 0 saturated heterocycles. The number of fused-ring (bicyclic) bond motifs is 1. The van der Waals surface area contributed by atoms with E-state index in [2.05, 4.69) is 6.42 Å². The van der Waals surface area contributed by atoms with Gasteiger partial charge in [-0.3, -0.25) is 0 Å². The second-order valence-corrected chi connectivity index (χ2v) is 2.62. The van der Waals surface area contributed by atoms with Crippen molar-refractivity contribution in [3.05, 3.63) is 36.2 Å². The number of para-hydroxylation sites is 1. The van der Waals surface area contributed by atoms with Crippen LogP contribution in [-0.4, -0.2) is 6.61 Å². The molecule has 0 saturated carbocycles. The van der Waals surface area contributed by atoms with E-state index in [-0.39, 0.29) is 0 Å². The Bertz CT molecular complexity index is 217. The molecule has 1 aromatic rings. The van der Waals surface area contributed by atoms with Gasteiger partial charge in [0.05, 0.1) is 6.61 Å². The summed E-state index contributed by atoms with van der Waals surface area (Å²) < 4.78 is 5.49. The monoisotopic (exact) mass is 146 g/mol. The molecule has 2 radical (unpaired) electrons. The lowest BCUT2D eigenvalue weighted by atomic mass is 10.1. The molecule has 1 heterocycles. The van der Waals surface area contributed by atoms with Crippen LogP contribution in [0.5, 0.6) is 5.75 Å². The highest BCUT2D eigenvalue weighted by Gasteiger charge is 2.06. The van der Waals surface area contributed by atoms with Crippen LogP contribution in [0.15, 0.2) is 24.3 Å². The Balaban J connectivity index is 2.33. The molecule has 0 atom stereocenters. The van der Waals surface area contributed by atoms with Gasteiger partial charge >= 0.3 is 0 Å². The van der Waals surface area contributed by atoms with Gasteiger partial charge in [-0.2, -0.15) is 0 Å². The molecular weight excluding hydrogens is 136 g/mol. The molecular formula is C10H10O. The molecule has 0 aromatic heterocycles. The van der Waals surface area contributed by atoms with Gasteiger partial charge < -0.3 is 4.74 Å². The van der Waals surface area contributed by atoms with E-state index in [0.717, 1.165) is 30.8 Å². The minimum absolute atomic E-state index is 0.823. The zero-order valence-corrected chi connectivity index (χ0v) is 6.34. The first-order valence-electron chi connectivity index (χ1n) is 3.92. The molecule has 0 spiro atoms. The maximum Gasteiger partial charge on any atom is 0.123 e. The third-order valence-electron chi connectivity index (χ3n) is 1.78. The molecule has 0 unspecified atom stereocenters. The minimum Gasteiger partial charge on any atom is -0.493 e. The van der Waals surface area contributed by atoms with E-state index >= 15 is 0 Å². The topological polar surface area (TPSA) is 9.23 Å². The van der Waals surface area contributed by atoms with Crippen LogP contribution in [-0.2, 0) is 0 Å². The lowest BCUT2D eigenvalue weighted by Crippen LogP contribution is -1.93. The van der Waals surface area contributed by atoms with Crippen molar-refractivity contribution < 1.29 is 4.74 Å². The summed E-state index contributed by atoms with van der Waals surface area (Å²) in [7, 11) is 0. The van der Waals surface area contributed by atoms with E-state index in [4.69, 9.17) is 4.74 Å². The fourth-order valence-corrected chi connectivity index (χ4v) is 1.22. The Morgan fingerprint density at radius 3 is 3.18 bits per heavy atom. The Labute approximate surface area is 67.0 Å². The van der Waals surface area contributed by atoms with Gasteiger partial charge in [-0.25, -0.2) is 0 Å². The Morgan fingerprint density at radius 2 is 2.18 bits per heavy atom. The first kappa shape index (κ1) is 6.71. The lowest BCUT2D eigenvalue weighted by molar-refractivity contribution is 0.317. The SMILES string of the molecule is [C]1CCCOc2ccccc21. The zero-order chi connectivity index (χ0) is 7.52. The van der Waals surface area contributed by atoms with Crippen molar-refractivity contribution in [2.75, 3.05) is 6.61 Å². The van der Waals surface area contributed by atoms with E-state index < -0.39 is 0 Å². The Hall–Kier alpha value is -0.980. The van der Waals surface area contributed by atoms with Crippen LogP contribution in [0.1, 0.15) is 18.4 Å². The largest absolute Gasteiger partial charge is 0.493 e. The third-order valence-corrected chi connectivity index (χ3v) is 1.78. The van der Waals surface area contributed by atoms with Crippen molar-refractivity contribution in [1.82, 2.24) is 0 Å². The molecule has 0 N–H and O–H groups in total. The van der Waals surface area contributed by atoms with Crippen LogP contribution in [0.2, 0.25) is 0 Å². The normalized spacial score (nSPS) is 16.4. The number of hydrogen-bond acceptors (Lipinski definition) is 1. The summed E-state index contributed by atoms with van der Waals surface area (Å²) in [5, 5.41) is 0. The standard InChI is InChI=1S/C10H10O/c1-2-7-10-9(5-1)6-3-4-8-11-10/h1-2,5,7H,3-4,8H2. The van der Waals surface area contributed by atoms with Crippen molar-refractivity contribution in [1.29, 1.82) is 0 Å². The first-order chi connectivity index (χ1) is 5.47. The van der Waals surface area contributed by atoms with Gasteiger partial charge in [0.25, 0.3) is 0 Å². The molecule has 0 aliphatic carbocycles. The molecule has 1 nitrogen and oxygen atoms in total. The van der Waals surface area contributed by atoms with E-state index in [9.17, 15) is 0 Å². The van der Waals surface area contributed by atoms with E-state index in [1.807, 2.05) is 24.3 Å².